The molecule has 0 radical (unpaired) electrons. The van der Waals surface area contributed by atoms with Crippen LogP contribution in [0.5, 0.6) is 0 Å². The van der Waals surface area contributed by atoms with Crippen LogP contribution in [0.15, 0.2) is 11.1 Å². The maximum atomic E-state index is 12.1. The topological polar surface area (TPSA) is 104 Å². The molecular weight excluding hydrogens is 342 g/mol. The molecule has 2 aliphatic rings. The van der Waals surface area contributed by atoms with Gasteiger partial charge in [0.2, 0.25) is 11.9 Å². The summed E-state index contributed by atoms with van der Waals surface area (Å²) in [7, 11) is -3.37. The minimum Gasteiger partial charge on any atom is -0.352 e. The van der Waals surface area contributed by atoms with Gasteiger partial charge in [-0.25, -0.2) is 18.4 Å². The second kappa shape index (κ2) is 7.65. The van der Waals surface area contributed by atoms with E-state index < -0.39 is 9.84 Å². The molecule has 2 aliphatic heterocycles. The number of likely N-dealkylation sites (tertiary alicyclic amines) is 1. The molecule has 1 aromatic heterocycles. The highest BCUT2D eigenvalue weighted by molar-refractivity contribution is 7.90. The molecule has 8 nitrogen and oxygen atoms in total. The highest BCUT2D eigenvalue weighted by Crippen LogP contribution is 2.27. The number of piperidine rings is 1. The van der Waals surface area contributed by atoms with Crippen molar-refractivity contribution in [2.75, 3.05) is 44.3 Å². The lowest BCUT2D eigenvalue weighted by Gasteiger charge is -2.24. The summed E-state index contributed by atoms with van der Waals surface area (Å²) >= 11 is 0. The third-order valence-corrected chi connectivity index (χ3v) is 5.82. The summed E-state index contributed by atoms with van der Waals surface area (Å²) in [6.45, 7) is 3.63. The maximum Gasteiger partial charge on any atom is 0.223 e. The summed E-state index contributed by atoms with van der Waals surface area (Å²) < 4.78 is 24.1. The molecule has 3 rings (SSSR count). The Morgan fingerprint density at radius 2 is 2.24 bits per heavy atom. The van der Waals surface area contributed by atoms with E-state index in [1.807, 2.05) is 4.90 Å². The monoisotopic (exact) mass is 367 g/mol. The summed E-state index contributed by atoms with van der Waals surface area (Å²) in [6.07, 6.45) is 6.04. The normalized spacial score (nSPS) is 21.6. The summed E-state index contributed by atoms with van der Waals surface area (Å²) in [6, 6.07) is 0. The number of nitrogens with zero attached hydrogens (tertiary/aromatic N) is 3. The third-order valence-electron chi connectivity index (χ3n) is 4.70. The Balaban J connectivity index is 1.72. The summed E-state index contributed by atoms with van der Waals surface area (Å²) in [5.41, 5.74) is 0.587. The Hall–Kier alpha value is -1.74. The highest BCUT2D eigenvalue weighted by atomic mass is 32.2. The van der Waals surface area contributed by atoms with E-state index in [2.05, 4.69) is 20.6 Å². The van der Waals surface area contributed by atoms with Gasteiger partial charge in [0.1, 0.15) is 4.90 Å². The molecule has 2 N–H and O–H groups in total. The van der Waals surface area contributed by atoms with Crippen LogP contribution in [0.25, 0.3) is 0 Å². The zero-order chi connectivity index (χ0) is 17.9. The largest absolute Gasteiger partial charge is 0.352 e. The van der Waals surface area contributed by atoms with Crippen LogP contribution in [-0.4, -0.2) is 68.2 Å². The molecular formula is C16H25N5O3S. The van der Waals surface area contributed by atoms with Crippen molar-refractivity contribution in [3.8, 4) is 0 Å². The fraction of sp³-hybridized carbons (Fsp3) is 0.688. The number of sulfone groups is 1. The molecule has 0 aromatic carbocycles. The van der Waals surface area contributed by atoms with Gasteiger partial charge in [-0.15, -0.1) is 0 Å². The van der Waals surface area contributed by atoms with Gasteiger partial charge in [0.15, 0.2) is 9.84 Å². The fourth-order valence-corrected chi connectivity index (χ4v) is 4.21. The van der Waals surface area contributed by atoms with E-state index in [-0.39, 0.29) is 16.7 Å². The number of hydrogen-bond acceptors (Lipinski definition) is 7. The number of carbonyl (C=O) groups is 1. The van der Waals surface area contributed by atoms with E-state index in [0.29, 0.717) is 31.2 Å². The van der Waals surface area contributed by atoms with Crippen molar-refractivity contribution in [3.05, 3.63) is 11.9 Å². The van der Waals surface area contributed by atoms with E-state index in [1.54, 1.807) is 0 Å². The molecule has 0 aliphatic carbocycles. The summed E-state index contributed by atoms with van der Waals surface area (Å²) in [5.74, 6) is 0.672. The van der Waals surface area contributed by atoms with Crippen molar-refractivity contribution < 1.29 is 13.2 Å². The number of aromatic nitrogens is 2. The van der Waals surface area contributed by atoms with Crippen LogP contribution >= 0.6 is 0 Å². The van der Waals surface area contributed by atoms with Gasteiger partial charge in [0, 0.05) is 44.8 Å². The Bertz CT molecular complexity index is 731. The number of rotatable bonds is 6. The first kappa shape index (κ1) is 18.1. The van der Waals surface area contributed by atoms with Crippen molar-refractivity contribution in [3.63, 3.8) is 0 Å². The quantitative estimate of drug-likeness (QED) is 0.749. The fourth-order valence-electron chi connectivity index (χ4n) is 3.38. The molecule has 3 heterocycles. The number of anilines is 1. The average molecular weight is 367 g/mol. The molecule has 0 saturated carbocycles. The zero-order valence-electron chi connectivity index (χ0n) is 14.5. The van der Waals surface area contributed by atoms with Crippen LogP contribution in [0.3, 0.4) is 0 Å². The first-order valence-electron chi connectivity index (χ1n) is 8.74. The second-order valence-corrected chi connectivity index (χ2v) is 8.65. The molecule has 1 atom stereocenters. The van der Waals surface area contributed by atoms with Crippen LogP contribution in [-0.2, 0) is 14.6 Å². The lowest BCUT2D eigenvalue weighted by molar-refractivity contribution is -0.127. The molecule has 0 unspecified atom stereocenters. The second-order valence-electron chi connectivity index (χ2n) is 6.67. The highest BCUT2D eigenvalue weighted by Gasteiger charge is 2.25. The standard InChI is InChI=1S/C16H25N5O3S/c1-25(23,24)13-11-19-16(18-7-9-21-8-3-5-14(21)22)20-15(13)12-4-2-6-17-10-12/h11-12,17H,2-10H2,1H3,(H,18,19,20)/t12-/m1/s1. The molecule has 2 saturated heterocycles. The van der Waals surface area contributed by atoms with Gasteiger partial charge < -0.3 is 15.5 Å². The van der Waals surface area contributed by atoms with Crippen LogP contribution in [0.2, 0.25) is 0 Å². The van der Waals surface area contributed by atoms with Crippen LogP contribution in [0.1, 0.15) is 37.3 Å². The lowest BCUT2D eigenvalue weighted by Crippen LogP contribution is -2.31. The van der Waals surface area contributed by atoms with Gasteiger partial charge in [0.05, 0.1) is 11.9 Å². The minimum atomic E-state index is -3.37. The van der Waals surface area contributed by atoms with E-state index >= 15 is 0 Å². The van der Waals surface area contributed by atoms with Gasteiger partial charge in [-0.3, -0.25) is 4.79 Å². The van der Waals surface area contributed by atoms with Gasteiger partial charge in [-0.1, -0.05) is 0 Å². The Kier molecular flexibility index (Phi) is 5.53. The van der Waals surface area contributed by atoms with Crippen molar-refractivity contribution >= 4 is 21.7 Å². The predicted octanol–water partition coefficient (Wildman–Crippen LogP) is 0.381. The SMILES string of the molecule is CS(=O)(=O)c1cnc(NCCN2CCCC2=O)nc1[C@@H]1CCCNC1. The molecule has 0 bridgehead atoms. The van der Waals surface area contributed by atoms with Crippen molar-refractivity contribution in [1.29, 1.82) is 0 Å². The molecule has 25 heavy (non-hydrogen) atoms. The summed E-state index contributed by atoms with van der Waals surface area (Å²) in [4.78, 5) is 22.3. The summed E-state index contributed by atoms with van der Waals surface area (Å²) in [5, 5.41) is 6.42. The van der Waals surface area contributed by atoms with Crippen LogP contribution in [0, 0.1) is 0 Å². The van der Waals surface area contributed by atoms with Crippen molar-refractivity contribution in [1.82, 2.24) is 20.2 Å². The maximum absolute atomic E-state index is 12.1. The molecule has 0 spiro atoms. The molecule has 138 valence electrons. The average Bonchev–Trinajstić information content (AvgIpc) is 3.00. The number of amides is 1. The molecule has 1 amide bonds. The minimum absolute atomic E-state index is 0.0715. The Morgan fingerprint density at radius 3 is 2.88 bits per heavy atom. The Labute approximate surface area is 148 Å². The first-order valence-corrected chi connectivity index (χ1v) is 10.6. The van der Waals surface area contributed by atoms with Crippen molar-refractivity contribution in [2.24, 2.45) is 0 Å². The number of nitrogens with one attached hydrogen (secondary N) is 2. The first-order chi connectivity index (χ1) is 11.9. The van der Waals surface area contributed by atoms with E-state index in [1.165, 1.54) is 12.5 Å². The van der Waals surface area contributed by atoms with Crippen LogP contribution < -0.4 is 10.6 Å². The van der Waals surface area contributed by atoms with E-state index in [4.69, 9.17) is 0 Å². The Morgan fingerprint density at radius 1 is 1.40 bits per heavy atom. The van der Waals surface area contributed by atoms with Crippen molar-refractivity contribution in [2.45, 2.75) is 36.5 Å². The molecule has 1 aromatic rings. The molecule has 9 heteroatoms. The third kappa shape index (κ3) is 4.46. The smallest absolute Gasteiger partial charge is 0.223 e. The van der Waals surface area contributed by atoms with Crippen LogP contribution in [0.4, 0.5) is 5.95 Å². The van der Waals surface area contributed by atoms with E-state index in [0.717, 1.165) is 38.9 Å². The van der Waals surface area contributed by atoms with Gasteiger partial charge in [0.25, 0.3) is 0 Å². The predicted molar refractivity (Wildman–Crippen MR) is 94.3 cm³/mol. The van der Waals surface area contributed by atoms with Gasteiger partial charge in [-0.2, -0.15) is 0 Å². The van der Waals surface area contributed by atoms with E-state index in [9.17, 15) is 13.2 Å². The zero-order valence-corrected chi connectivity index (χ0v) is 15.3. The number of carbonyl (C=O) groups excluding carboxylic acids is 1. The lowest BCUT2D eigenvalue weighted by atomic mass is 9.96. The van der Waals surface area contributed by atoms with Gasteiger partial charge in [-0.05, 0) is 25.8 Å². The van der Waals surface area contributed by atoms with Gasteiger partial charge >= 0.3 is 0 Å². The molecule has 2 fully saturated rings. The number of hydrogen-bond donors (Lipinski definition) is 2.